The zero-order valence-corrected chi connectivity index (χ0v) is 21.1. The van der Waals surface area contributed by atoms with Gasteiger partial charge in [-0.05, 0) is 57.3 Å². The largest absolute Gasteiger partial charge is 0.481 e. The van der Waals surface area contributed by atoms with Crippen LogP contribution in [0.25, 0.3) is 0 Å². The van der Waals surface area contributed by atoms with E-state index in [1.807, 2.05) is 20.8 Å². The molecular formula is C24H42O8. The second-order valence-corrected chi connectivity index (χ2v) is 10.7. The molecule has 0 saturated heterocycles. The minimum absolute atomic E-state index is 0.0259. The molecule has 0 heterocycles. The Morgan fingerprint density at radius 3 is 1.62 bits per heavy atom. The van der Waals surface area contributed by atoms with Crippen molar-refractivity contribution >= 4 is 23.9 Å². The molecule has 0 aromatic rings. The van der Waals surface area contributed by atoms with Crippen molar-refractivity contribution in [2.45, 2.75) is 80.6 Å². The molecule has 0 bridgehead atoms. The van der Waals surface area contributed by atoms with E-state index in [9.17, 15) is 29.4 Å². The number of carboxylic acids is 2. The monoisotopic (exact) mass is 458 g/mol. The lowest BCUT2D eigenvalue weighted by Gasteiger charge is -2.39. The SMILES string of the molecule is COC(=O)C(C)(CCC(C)(C)CC(C)C(C)C(=O)O)CC(C)(CC(C)C(=O)O)C(=O)OC. The molecule has 5 atom stereocenters. The van der Waals surface area contributed by atoms with Crippen LogP contribution in [0.1, 0.15) is 80.6 Å². The lowest BCUT2D eigenvalue weighted by atomic mass is 9.65. The third-order valence-corrected chi connectivity index (χ3v) is 6.79. The van der Waals surface area contributed by atoms with E-state index in [0.717, 1.165) is 0 Å². The molecule has 0 amide bonds. The van der Waals surface area contributed by atoms with Gasteiger partial charge in [0, 0.05) is 0 Å². The van der Waals surface area contributed by atoms with Gasteiger partial charge in [-0.3, -0.25) is 19.2 Å². The molecule has 8 nitrogen and oxygen atoms in total. The van der Waals surface area contributed by atoms with E-state index < -0.39 is 46.5 Å². The van der Waals surface area contributed by atoms with Crippen LogP contribution in [0.4, 0.5) is 0 Å². The van der Waals surface area contributed by atoms with E-state index in [0.29, 0.717) is 19.3 Å². The van der Waals surface area contributed by atoms with Crippen molar-refractivity contribution in [2.75, 3.05) is 14.2 Å². The van der Waals surface area contributed by atoms with Crippen molar-refractivity contribution in [3.05, 3.63) is 0 Å². The summed E-state index contributed by atoms with van der Waals surface area (Å²) < 4.78 is 10.0. The summed E-state index contributed by atoms with van der Waals surface area (Å²) in [5.41, 5.74) is -2.49. The highest BCUT2D eigenvalue weighted by molar-refractivity contribution is 5.81. The van der Waals surface area contributed by atoms with Crippen LogP contribution in [0.2, 0.25) is 0 Å². The number of carboxylic acid groups (broad SMARTS) is 2. The van der Waals surface area contributed by atoms with Crippen molar-refractivity contribution in [3.8, 4) is 0 Å². The van der Waals surface area contributed by atoms with Gasteiger partial charge >= 0.3 is 23.9 Å². The topological polar surface area (TPSA) is 127 Å². The van der Waals surface area contributed by atoms with E-state index in [-0.39, 0.29) is 24.2 Å². The molecule has 0 aliphatic heterocycles. The first-order valence-electron chi connectivity index (χ1n) is 11.1. The third-order valence-electron chi connectivity index (χ3n) is 6.79. The Labute approximate surface area is 192 Å². The molecule has 0 radical (unpaired) electrons. The molecule has 0 aliphatic rings. The van der Waals surface area contributed by atoms with Crippen molar-refractivity contribution in [2.24, 2.45) is 34.0 Å². The molecule has 8 heteroatoms. The van der Waals surface area contributed by atoms with Gasteiger partial charge in [-0.15, -0.1) is 0 Å². The average Bonchev–Trinajstić information content (AvgIpc) is 2.69. The van der Waals surface area contributed by atoms with Gasteiger partial charge in [0.1, 0.15) is 0 Å². The minimum Gasteiger partial charge on any atom is -0.481 e. The number of hydrogen-bond donors (Lipinski definition) is 2. The van der Waals surface area contributed by atoms with Crippen LogP contribution >= 0.6 is 0 Å². The van der Waals surface area contributed by atoms with Gasteiger partial charge in [0.25, 0.3) is 0 Å². The van der Waals surface area contributed by atoms with Crippen LogP contribution in [0.5, 0.6) is 0 Å². The van der Waals surface area contributed by atoms with E-state index in [4.69, 9.17) is 9.47 Å². The predicted molar refractivity (Wildman–Crippen MR) is 120 cm³/mol. The fourth-order valence-electron chi connectivity index (χ4n) is 4.62. The molecule has 186 valence electrons. The Balaban J connectivity index is 5.76. The number of ether oxygens (including phenoxy) is 2. The zero-order valence-electron chi connectivity index (χ0n) is 21.1. The number of aliphatic carboxylic acids is 2. The fraction of sp³-hybridized carbons (Fsp3) is 0.833. The number of hydrogen-bond acceptors (Lipinski definition) is 6. The van der Waals surface area contributed by atoms with Crippen LogP contribution in [0.3, 0.4) is 0 Å². The highest BCUT2D eigenvalue weighted by Gasteiger charge is 2.47. The summed E-state index contributed by atoms with van der Waals surface area (Å²) >= 11 is 0. The highest BCUT2D eigenvalue weighted by atomic mass is 16.5. The lowest BCUT2D eigenvalue weighted by molar-refractivity contribution is -0.163. The summed E-state index contributed by atoms with van der Waals surface area (Å²) in [6.07, 6.45) is 1.75. The maximum Gasteiger partial charge on any atom is 0.311 e. The Morgan fingerprint density at radius 2 is 1.22 bits per heavy atom. The lowest BCUT2D eigenvalue weighted by Crippen LogP contribution is -2.42. The summed E-state index contributed by atoms with van der Waals surface area (Å²) in [5, 5.41) is 18.6. The van der Waals surface area contributed by atoms with Crippen LogP contribution in [0.15, 0.2) is 0 Å². The van der Waals surface area contributed by atoms with E-state index >= 15 is 0 Å². The summed E-state index contributed by atoms with van der Waals surface area (Å²) in [5.74, 6) is -4.24. The minimum atomic E-state index is -1.19. The van der Waals surface area contributed by atoms with Gasteiger partial charge in [0.05, 0.1) is 36.9 Å². The van der Waals surface area contributed by atoms with Gasteiger partial charge in [-0.2, -0.15) is 0 Å². The number of carbonyl (C=O) groups is 4. The molecule has 32 heavy (non-hydrogen) atoms. The highest BCUT2D eigenvalue weighted by Crippen LogP contribution is 2.46. The van der Waals surface area contributed by atoms with Crippen LogP contribution < -0.4 is 0 Å². The first kappa shape index (κ1) is 29.9. The smallest absolute Gasteiger partial charge is 0.311 e. The van der Waals surface area contributed by atoms with Gasteiger partial charge < -0.3 is 19.7 Å². The Hall–Kier alpha value is -2.12. The molecule has 0 saturated carbocycles. The van der Waals surface area contributed by atoms with E-state index in [2.05, 4.69) is 0 Å². The van der Waals surface area contributed by atoms with Gasteiger partial charge in [-0.25, -0.2) is 0 Å². The Kier molecular flexibility index (Phi) is 10.9. The van der Waals surface area contributed by atoms with E-state index in [1.54, 1.807) is 20.8 Å². The predicted octanol–water partition coefficient (Wildman–Crippen LogP) is 4.40. The quantitative estimate of drug-likeness (QED) is 0.367. The van der Waals surface area contributed by atoms with Crippen LogP contribution in [0, 0.1) is 34.0 Å². The fourth-order valence-corrected chi connectivity index (χ4v) is 4.62. The van der Waals surface area contributed by atoms with Gasteiger partial charge in [0.2, 0.25) is 0 Å². The third kappa shape index (κ3) is 8.43. The Morgan fingerprint density at radius 1 is 0.750 bits per heavy atom. The first-order chi connectivity index (χ1) is 14.4. The first-order valence-corrected chi connectivity index (χ1v) is 11.1. The summed E-state index contributed by atoms with van der Waals surface area (Å²) in [6, 6.07) is 0. The number of carbonyl (C=O) groups excluding carboxylic acids is 2. The maximum absolute atomic E-state index is 12.8. The van der Waals surface area contributed by atoms with Gasteiger partial charge in [-0.1, -0.05) is 34.6 Å². The van der Waals surface area contributed by atoms with Crippen LogP contribution in [-0.2, 0) is 28.7 Å². The Bertz CT molecular complexity index is 685. The van der Waals surface area contributed by atoms with Crippen molar-refractivity contribution in [1.82, 2.24) is 0 Å². The molecule has 2 N–H and O–H groups in total. The molecular weight excluding hydrogens is 416 g/mol. The maximum atomic E-state index is 12.8. The second kappa shape index (κ2) is 11.7. The second-order valence-electron chi connectivity index (χ2n) is 10.7. The van der Waals surface area contributed by atoms with Crippen molar-refractivity contribution < 1.29 is 38.9 Å². The normalized spacial score (nSPS) is 18.4. The molecule has 0 aliphatic carbocycles. The van der Waals surface area contributed by atoms with Crippen molar-refractivity contribution in [3.63, 3.8) is 0 Å². The molecule has 5 unspecified atom stereocenters. The molecule has 0 spiro atoms. The average molecular weight is 459 g/mol. The standard InChI is InChI=1S/C24H42O8/c1-15(17(3)19(27)28)12-22(4,5)10-11-23(6,20(29)31-8)14-24(7,21(30)32-9)13-16(2)18(25)26/h15-17H,10-14H2,1-9H3,(H,25,26)(H,27,28). The number of rotatable bonds is 14. The van der Waals surface area contributed by atoms with Gasteiger partial charge in [0.15, 0.2) is 0 Å². The summed E-state index contributed by atoms with van der Waals surface area (Å²) in [4.78, 5) is 48.2. The molecule has 0 rings (SSSR count). The van der Waals surface area contributed by atoms with E-state index in [1.165, 1.54) is 21.1 Å². The number of methoxy groups -OCH3 is 2. The molecule has 0 aromatic heterocycles. The van der Waals surface area contributed by atoms with Crippen LogP contribution in [-0.4, -0.2) is 48.3 Å². The zero-order chi connectivity index (χ0) is 25.5. The summed E-state index contributed by atoms with van der Waals surface area (Å²) in [6.45, 7) is 12.5. The number of esters is 2. The summed E-state index contributed by atoms with van der Waals surface area (Å²) in [7, 11) is 2.54. The van der Waals surface area contributed by atoms with Crippen molar-refractivity contribution in [1.29, 1.82) is 0 Å². The molecule has 0 fully saturated rings. The molecule has 0 aromatic carbocycles.